The lowest BCUT2D eigenvalue weighted by atomic mass is 10.2. The molecule has 0 rings (SSSR count). The standard InChI is InChI=1S/C9H19Si/c1-3-5-6-7-9-10-8-4-2/h8,10H,2-7,9H2,1H3. The molecule has 0 heterocycles. The fraction of sp³-hybridized carbons (Fsp3) is 0.778. The van der Waals surface area contributed by atoms with E-state index >= 15 is 0 Å². The summed E-state index contributed by atoms with van der Waals surface area (Å²) in [5.41, 5.74) is 2.35. The van der Waals surface area contributed by atoms with Gasteiger partial charge in [0.25, 0.3) is 0 Å². The van der Waals surface area contributed by atoms with Crippen LogP contribution in [0.4, 0.5) is 0 Å². The SMILES string of the molecule is [CH2]CC=[SiH]CCCCCC. The Bertz CT molecular complexity index is 76.8. The number of hydrogen-bond acceptors (Lipinski definition) is 0. The molecule has 1 radical (unpaired) electrons. The highest BCUT2D eigenvalue weighted by Gasteiger charge is 1.83. The fourth-order valence-electron chi connectivity index (χ4n) is 0.925. The van der Waals surface area contributed by atoms with Gasteiger partial charge < -0.3 is 0 Å². The third kappa shape index (κ3) is 8.09. The Morgan fingerprint density at radius 3 is 2.70 bits per heavy atom. The van der Waals surface area contributed by atoms with Crippen molar-refractivity contribution in [2.45, 2.75) is 45.1 Å². The van der Waals surface area contributed by atoms with Crippen LogP contribution in [-0.2, 0) is 0 Å². The first kappa shape index (κ1) is 10.1. The van der Waals surface area contributed by atoms with Gasteiger partial charge >= 0.3 is 0 Å². The summed E-state index contributed by atoms with van der Waals surface area (Å²) in [4.78, 5) is 0. The number of unbranched alkanes of at least 4 members (excludes halogenated alkanes) is 3. The molecule has 0 N–H and O–H groups in total. The normalized spacial score (nSPS) is 11.0. The minimum Gasteiger partial charge on any atom is -0.106 e. The molecule has 10 heavy (non-hydrogen) atoms. The van der Waals surface area contributed by atoms with Crippen molar-refractivity contribution in [2.24, 2.45) is 0 Å². The summed E-state index contributed by atoms with van der Waals surface area (Å²) in [6, 6.07) is 1.45. The van der Waals surface area contributed by atoms with Crippen LogP contribution in [0.25, 0.3) is 0 Å². The van der Waals surface area contributed by atoms with Crippen molar-refractivity contribution >= 4 is 14.8 Å². The smallest absolute Gasteiger partial charge is 0.0119 e. The Hall–Kier alpha value is 0.0869. The van der Waals surface area contributed by atoms with E-state index in [0.29, 0.717) is 9.13 Å². The lowest BCUT2D eigenvalue weighted by molar-refractivity contribution is 0.701. The van der Waals surface area contributed by atoms with Crippen molar-refractivity contribution in [3.05, 3.63) is 6.92 Å². The molecule has 0 aliphatic heterocycles. The van der Waals surface area contributed by atoms with Crippen LogP contribution in [0.1, 0.15) is 39.0 Å². The Kier molecular flexibility index (Phi) is 9.17. The zero-order chi connectivity index (χ0) is 7.66. The largest absolute Gasteiger partial charge is 0.106 e. The van der Waals surface area contributed by atoms with Gasteiger partial charge in [-0.05, 0) is 28.5 Å². The second-order valence-corrected chi connectivity index (χ2v) is 4.13. The predicted octanol–water partition coefficient (Wildman–Crippen LogP) is 2.45. The Balaban J connectivity index is 2.83. The van der Waals surface area contributed by atoms with Crippen LogP contribution in [0, 0.1) is 6.92 Å². The molecule has 0 saturated carbocycles. The van der Waals surface area contributed by atoms with Crippen molar-refractivity contribution in [3.63, 3.8) is 0 Å². The highest BCUT2D eigenvalue weighted by Crippen LogP contribution is 2.00. The average molecular weight is 155 g/mol. The van der Waals surface area contributed by atoms with Crippen molar-refractivity contribution in [3.8, 4) is 0 Å². The summed E-state index contributed by atoms with van der Waals surface area (Å²) >= 11 is 0. The third-order valence-electron chi connectivity index (χ3n) is 1.56. The lowest BCUT2D eigenvalue weighted by Crippen LogP contribution is -1.83. The zero-order valence-electron chi connectivity index (χ0n) is 7.10. The first-order valence-electron chi connectivity index (χ1n) is 4.36. The average Bonchev–Trinajstić information content (AvgIpc) is 1.97. The Morgan fingerprint density at radius 2 is 2.10 bits per heavy atom. The second kappa shape index (κ2) is 9.09. The van der Waals surface area contributed by atoms with Gasteiger partial charge in [-0.25, -0.2) is 0 Å². The van der Waals surface area contributed by atoms with E-state index in [9.17, 15) is 0 Å². The molecule has 0 aromatic heterocycles. The van der Waals surface area contributed by atoms with Gasteiger partial charge in [-0.1, -0.05) is 32.6 Å². The molecule has 0 atom stereocenters. The van der Waals surface area contributed by atoms with E-state index in [-0.39, 0.29) is 0 Å². The molecule has 59 valence electrons. The summed E-state index contributed by atoms with van der Waals surface area (Å²) in [5, 5.41) is 0. The van der Waals surface area contributed by atoms with Crippen LogP contribution >= 0.6 is 0 Å². The van der Waals surface area contributed by atoms with Crippen molar-refractivity contribution in [2.75, 3.05) is 0 Å². The Morgan fingerprint density at radius 1 is 1.30 bits per heavy atom. The van der Waals surface area contributed by atoms with Crippen molar-refractivity contribution in [1.82, 2.24) is 0 Å². The maximum absolute atomic E-state index is 3.78. The minimum atomic E-state index is 0.626. The monoisotopic (exact) mass is 155 g/mol. The topological polar surface area (TPSA) is 0 Å². The van der Waals surface area contributed by atoms with Gasteiger partial charge in [-0.2, -0.15) is 0 Å². The quantitative estimate of drug-likeness (QED) is 0.408. The van der Waals surface area contributed by atoms with E-state index in [1.807, 2.05) is 0 Å². The molecule has 1 heteroatoms. The molecule has 0 aromatic carbocycles. The first-order valence-corrected chi connectivity index (χ1v) is 5.84. The van der Waals surface area contributed by atoms with E-state index in [4.69, 9.17) is 0 Å². The van der Waals surface area contributed by atoms with Crippen LogP contribution in [0.5, 0.6) is 0 Å². The highest BCUT2D eigenvalue weighted by atomic mass is 28.2. The first-order chi connectivity index (χ1) is 4.91. The van der Waals surface area contributed by atoms with Crippen LogP contribution in [0.2, 0.25) is 6.04 Å². The number of rotatable bonds is 6. The highest BCUT2D eigenvalue weighted by molar-refractivity contribution is 6.46. The molecule has 0 spiro atoms. The van der Waals surface area contributed by atoms with E-state index in [1.165, 1.54) is 31.7 Å². The van der Waals surface area contributed by atoms with Crippen LogP contribution in [0.15, 0.2) is 0 Å². The lowest BCUT2D eigenvalue weighted by Gasteiger charge is -1.92. The van der Waals surface area contributed by atoms with Gasteiger partial charge in [0, 0.05) is 0 Å². The van der Waals surface area contributed by atoms with Crippen molar-refractivity contribution < 1.29 is 0 Å². The molecule has 0 nitrogen and oxygen atoms in total. The summed E-state index contributed by atoms with van der Waals surface area (Å²) in [5.74, 6) is 0. The molecule has 0 unspecified atom stereocenters. The fourth-order valence-corrected chi connectivity index (χ4v) is 1.92. The van der Waals surface area contributed by atoms with Gasteiger partial charge in [0.2, 0.25) is 0 Å². The van der Waals surface area contributed by atoms with Crippen molar-refractivity contribution in [1.29, 1.82) is 0 Å². The summed E-state index contributed by atoms with van der Waals surface area (Å²) in [6.45, 7) is 6.04. The van der Waals surface area contributed by atoms with Crippen LogP contribution in [-0.4, -0.2) is 14.8 Å². The molecule has 0 amide bonds. The molecular formula is C9H19Si. The van der Waals surface area contributed by atoms with E-state index in [1.54, 1.807) is 0 Å². The summed E-state index contributed by atoms with van der Waals surface area (Å²) in [7, 11) is 0.626. The molecule has 0 aliphatic carbocycles. The maximum Gasteiger partial charge on any atom is -0.0119 e. The maximum atomic E-state index is 3.78. The second-order valence-electron chi connectivity index (χ2n) is 2.61. The molecular weight excluding hydrogens is 136 g/mol. The van der Waals surface area contributed by atoms with Gasteiger partial charge in [0.05, 0.1) is 0 Å². The molecule has 0 bridgehead atoms. The third-order valence-corrected chi connectivity index (χ3v) is 2.97. The summed E-state index contributed by atoms with van der Waals surface area (Å²) < 4.78 is 0. The number of hydrogen-bond donors (Lipinski definition) is 0. The van der Waals surface area contributed by atoms with Crippen LogP contribution < -0.4 is 0 Å². The minimum absolute atomic E-state index is 0.626. The molecule has 0 fully saturated rings. The predicted molar refractivity (Wildman–Crippen MR) is 52.1 cm³/mol. The van der Waals surface area contributed by atoms with Gasteiger partial charge in [0.1, 0.15) is 0 Å². The van der Waals surface area contributed by atoms with Gasteiger partial charge in [0.15, 0.2) is 0 Å². The van der Waals surface area contributed by atoms with Gasteiger partial charge in [-0.15, -0.1) is 5.67 Å². The van der Waals surface area contributed by atoms with Gasteiger partial charge in [-0.3, -0.25) is 0 Å². The molecule has 0 saturated heterocycles. The van der Waals surface area contributed by atoms with E-state index < -0.39 is 0 Å². The molecule has 0 aliphatic rings. The molecule has 0 aromatic rings. The van der Waals surface area contributed by atoms with E-state index in [2.05, 4.69) is 19.5 Å². The summed E-state index contributed by atoms with van der Waals surface area (Å²) in [6.07, 6.45) is 6.69. The van der Waals surface area contributed by atoms with E-state index in [0.717, 1.165) is 6.42 Å². The van der Waals surface area contributed by atoms with Crippen LogP contribution in [0.3, 0.4) is 0 Å². The Labute approximate surface area is 67.5 Å². The zero-order valence-corrected chi connectivity index (χ0v) is 8.26.